The average molecular weight is 214 g/mol. The van der Waals surface area contributed by atoms with Gasteiger partial charge < -0.3 is 10.6 Å². The first-order valence-electron chi connectivity index (χ1n) is 3.66. The number of alkyl halides is 3. The van der Waals surface area contributed by atoms with Crippen LogP contribution >= 0.6 is 11.8 Å². The highest BCUT2D eigenvalue weighted by atomic mass is 32.2. The van der Waals surface area contributed by atoms with E-state index in [0.29, 0.717) is 0 Å². The summed E-state index contributed by atoms with van der Waals surface area (Å²) >= 11 is 1.60. The first-order chi connectivity index (χ1) is 6.00. The summed E-state index contributed by atoms with van der Waals surface area (Å²) in [5, 5.41) is 4.77. The molecule has 0 aromatic heterocycles. The Labute approximate surface area is 77.4 Å². The highest BCUT2D eigenvalue weighted by Crippen LogP contribution is 2.14. The van der Waals surface area contributed by atoms with Crippen molar-refractivity contribution in [3.63, 3.8) is 0 Å². The standard InChI is InChI=1S/C6H9F3N2OS/c7-6(8,9)5(12)10-1-4-2-13-3-11-4/h4,11H,1-3H2,(H,10,12). The van der Waals surface area contributed by atoms with Crippen LogP contribution in [0, 0.1) is 0 Å². The first-order valence-corrected chi connectivity index (χ1v) is 4.82. The summed E-state index contributed by atoms with van der Waals surface area (Å²) in [5.41, 5.74) is 0. The molecular formula is C6H9F3N2OS. The number of carbonyl (C=O) groups is 1. The van der Waals surface area contributed by atoms with Crippen molar-refractivity contribution in [2.45, 2.75) is 12.2 Å². The van der Waals surface area contributed by atoms with Crippen molar-refractivity contribution in [2.24, 2.45) is 0 Å². The minimum absolute atomic E-state index is 0.0331. The summed E-state index contributed by atoms with van der Waals surface area (Å²) in [6.07, 6.45) is -4.77. The van der Waals surface area contributed by atoms with Crippen LogP contribution in [0.25, 0.3) is 0 Å². The van der Waals surface area contributed by atoms with Gasteiger partial charge in [0, 0.05) is 24.2 Å². The second-order valence-electron chi connectivity index (χ2n) is 2.62. The normalized spacial score (nSPS) is 23.2. The van der Waals surface area contributed by atoms with Crippen molar-refractivity contribution >= 4 is 17.7 Å². The van der Waals surface area contributed by atoms with Crippen LogP contribution in [-0.2, 0) is 4.79 Å². The molecule has 0 saturated carbocycles. The number of halogens is 3. The van der Waals surface area contributed by atoms with E-state index in [1.165, 1.54) is 0 Å². The van der Waals surface area contributed by atoms with Gasteiger partial charge in [-0.1, -0.05) is 0 Å². The number of hydrogen-bond acceptors (Lipinski definition) is 3. The highest BCUT2D eigenvalue weighted by Gasteiger charge is 2.38. The molecule has 1 saturated heterocycles. The van der Waals surface area contributed by atoms with E-state index in [1.54, 1.807) is 11.8 Å². The van der Waals surface area contributed by atoms with Crippen LogP contribution < -0.4 is 10.6 Å². The maximum Gasteiger partial charge on any atom is 0.471 e. The molecule has 1 unspecified atom stereocenters. The van der Waals surface area contributed by atoms with Crippen molar-refractivity contribution in [2.75, 3.05) is 18.2 Å². The van der Waals surface area contributed by atoms with Gasteiger partial charge in [0.1, 0.15) is 0 Å². The SMILES string of the molecule is O=C(NCC1CSCN1)C(F)(F)F. The molecule has 76 valence electrons. The predicted molar refractivity (Wildman–Crippen MR) is 43.3 cm³/mol. The van der Waals surface area contributed by atoms with Gasteiger partial charge >= 0.3 is 12.1 Å². The van der Waals surface area contributed by atoms with E-state index in [9.17, 15) is 18.0 Å². The smallest absolute Gasteiger partial charge is 0.347 e. The number of thioether (sulfide) groups is 1. The molecule has 1 rings (SSSR count). The third-order valence-electron chi connectivity index (χ3n) is 1.56. The minimum atomic E-state index is -4.77. The maximum atomic E-state index is 11.7. The molecule has 7 heteroatoms. The van der Waals surface area contributed by atoms with E-state index < -0.39 is 12.1 Å². The molecule has 0 radical (unpaired) electrons. The summed E-state index contributed by atoms with van der Waals surface area (Å²) in [5.74, 6) is -0.406. The van der Waals surface area contributed by atoms with E-state index in [1.807, 2.05) is 5.32 Å². The fraction of sp³-hybridized carbons (Fsp3) is 0.833. The molecule has 0 bridgehead atoms. The lowest BCUT2D eigenvalue weighted by Gasteiger charge is -2.11. The van der Waals surface area contributed by atoms with E-state index in [4.69, 9.17) is 0 Å². The molecule has 1 fully saturated rings. The number of amides is 1. The third-order valence-corrected chi connectivity index (χ3v) is 2.57. The Morgan fingerprint density at radius 1 is 1.62 bits per heavy atom. The van der Waals surface area contributed by atoms with E-state index in [0.717, 1.165) is 11.6 Å². The van der Waals surface area contributed by atoms with E-state index >= 15 is 0 Å². The van der Waals surface area contributed by atoms with Gasteiger partial charge in [0.15, 0.2) is 0 Å². The van der Waals surface area contributed by atoms with Crippen molar-refractivity contribution in [1.29, 1.82) is 0 Å². The quantitative estimate of drug-likeness (QED) is 0.696. The zero-order valence-electron chi connectivity index (χ0n) is 6.65. The number of hydrogen-bond donors (Lipinski definition) is 2. The second kappa shape index (κ2) is 4.19. The van der Waals surface area contributed by atoms with Crippen LogP contribution in [0.4, 0.5) is 13.2 Å². The summed E-state index contributed by atoms with van der Waals surface area (Å²) < 4.78 is 35.1. The lowest BCUT2D eigenvalue weighted by Crippen LogP contribution is -2.44. The minimum Gasteiger partial charge on any atom is -0.347 e. The molecule has 3 nitrogen and oxygen atoms in total. The summed E-state index contributed by atoms with van der Waals surface area (Å²) in [6, 6.07) is -0.0451. The van der Waals surface area contributed by atoms with Crippen LogP contribution in [0.1, 0.15) is 0 Å². The molecule has 0 aromatic rings. The Morgan fingerprint density at radius 3 is 2.77 bits per heavy atom. The van der Waals surface area contributed by atoms with E-state index in [2.05, 4.69) is 5.32 Å². The van der Waals surface area contributed by atoms with Gasteiger partial charge in [-0.05, 0) is 0 Å². The molecule has 1 atom stereocenters. The maximum absolute atomic E-state index is 11.7. The molecule has 1 aliphatic heterocycles. The summed E-state index contributed by atoms with van der Waals surface area (Å²) in [6.45, 7) is 0.0331. The summed E-state index contributed by atoms with van der Waals surface area (Å²) in [7, 11) is 0. The Kier molecular flexibility index (Phi) is 3.43. The molecule has 1 amide bonds. The van der Waals surface area contributed by atoms with Crippen LogP contribution in [0.3, 0.4) is 0 Å². The molecule has 0 aliphatic carbocycles. The van der Waals surface area contributed by atoms with Crippen molar-refractivity contribution in [1.82, 2.24) is 10.6 Å². The number of rotatable bonds is 2. The predicted octanol–water partition coefficient (Wildman–Crippen LogP) is 0.327. The zero-order valence-corrected chi connectivity index (χ0v) is 7.47. The molecule has 13 heavy (non-hydrogen) atoms. The lowest BCUT2D eigenvalue weighted by atomic mass is 10.3. The van der Waals surface area contributed by atoms with Gasteiger partial charge in [-0.3, -0.25) is 4.79 Å². The van der Waals surface area contributed by atoms with Gasteiger partial charge in [-0.2, -0.15) is 13.2 Å². The van der Waals surface area contributed by atoms with Gasteiger partial charge in [0.2, 0.25) is 0 Å². The Balaban J connectivity index is 2.22. The number of nitrogens with one attached hydrogen (secondary N) is 2. The van der Waals surface area contributed by atoms with Gasteiger partial charge in [0.05, 0.1) is 0 Å². The molecular weight excluding hydrogens is 205 g/mol. The molecule has 0 spiro atoms. The van der Waals surface area contributed by atoms with Crippen molar-refractivity contribution < 1.29 is 18.0 Å². The molecule has 0 aromatic carbocycles. The third kappa shape index (κ3) is 3.43. The van der Waals surface area contributed by atoms with Crippen molar-refractivity contribution in [3.8, 4) is 0 Å². The second-order valence-corrected chi connectivity index (χ2v) is 3.65. The fourth-order valence-electron chi connectivity index (χ4n) is 0.884. The molecule has 2 N–H and O–H groups in total. The van der Waals surface area contributed by atoms with E-state index in [-0.39, 0.29) is 12.6 Å². The van der Waals surface area contributed by atoms with Gasteiger partial charge in [-0.25, -0.2) is 0 Å². The first kappa shape index (κ1) is 10.6. The van der Waals surface area contributed by atoms with Crippen molar-refractivity contribution in [3.05, 3.63) is 0 Å². The Hall–Kier alpha value is -0.430. The monoisotopic (exact) mass is 214 g/mol. The summed E-state index contributed by atoms with van der Waals surface area (Å²) in [4.78, 5) is 10.4. The fourth-order valence-corrected chi connectivity index (χ4v) is 1.88. The Morgan fingerprint density at radius 2 is 2.31 bits per heavy atom. The topological polar surface area (TPSA) is 41.1 Å². The lowest BCUT2D eigenvalue weighted by molar-refractivity contribution is -0.173. The highest BCUT2D eigenvalue weighted by molar-refractivity contribution is 7.99. The zero-order chi connectivity index (χ0) is 9.90. The van der Waals surface area contributed by atoms with Gasteiger partial charge in [0.25, 0.3) is 0 Å². The number of carbonyl (C=O) groups excluding carboxylic acids is 1. The molecule has 1 aliphatic rings. The average Bonchev–Trinajstić information content (AvgIpc) is 2.50. The van der Waals surface area contributed by atoms with Crippen LogP contribution in [0.5, 0.6) is 0 Å². The van der Waals surface area contributed by atoms with Crippen LogP contribution in [-0.4, -0.2) is 36.3 Å². The van der Waals surface area contributed by atoms with Crippen LogP contribution in [0.15, 0.2) is 0 Å². The molecule has 1 heterocycles. The van der Waals surface area contributed by atoms with Crippen LogP contribution in [0.2, 0.25) is 0 Å². The van der Waals surface area contributed by atoms with Gasteiger partial charge in [-0.15, -0.1) is 11.8 Å². The Bertz CT molecular complexity index is 191. The largest absolute Gasteiger partial charge is 0.471 e.